The Morgan fingerprint density at radius 1 is 1.18 bits per heavy atom. The summed E-state index contributed by atoms with van der Waals surface area (Å²) < 4.78 is 11.5. The number of amides is 1. The number of piperidine rings is 1. The lowest BCUT2D eigenvalue weighted by Crippen LogP contribution is -2.38. The molecule has 1 amide bonds. The maximum absolute atomic E-state index is 13.1. The number of morpholine rings is 1. The summed E-state index contributed by atoms with van der Waals surface area (Å²) in [6.45, 7) is 6.85. The van der Waals surface area contributed by atoms with Crippen LogP contribution in [0.5, 0.6) is 5.75 Å². The predicted octanol–water partition coefficient (Wildman–Crippen LogP) is 3.49. The van der Waals surface area contributed by atoms with Gasteiger partial charge in [-0.2, -0.15) is 5.10 Å². The molecular weight excluding hydrogens is 452 g/mol. The van der Waals surface area contributed by atoms with E-state index in [1.807, 2.05) is 12.1 Å². The van der Waals surface area contributed by atoms with Gasteiger partial charge in [-0.15, -0.1) is 11.3 Å². The molecule has 10 heteroatoms. The molecule has 4 heterocycles. The largest absolute Gasteiger partial charge is 0.492 e. The number of H-pyrrole nitrogens is 1. The molecule has 2 N–H and O–H groups in total. The van der Waals surface area contributed by atoms with E-state index in [1.165, 1.54) is 17.8 Å². The SMILES string of the molecule is O=C(Nc1cc(OCCN2CCOCC2)ccc1N1CCCCC1)c1csc(-c2cn[nH]c2)n1. The Morgan fingerprint density at radius 2 is 2.03 bits per heavy atom. The average molecular weight is 483 g/mol. The van der Waals surface area contributed by atoms with Crippen molar-refractivity contribution in [1.82, 2.24) is 20.1 Å². The maximum Gasteiger partial charge on any atom is 0.275 e. The number of carbonyl (C=O) groups is 1. The van der Waals surface area contributed by atoms with E-state index >= 15 is 0 Å². The third kappa shape index (κ3) is 5.57. The van der Waals surface area contributed by atoms with Gasteiger partial charge in [0.15, 0.2) is 0 Å². The van der Waals surface area contributed by atoms with Crippen molar-refractivity contribution in [3.05, 3.63) is 41.7 Å². The highest BCUT2D eigenvalue weighted by Crippen LogP contribution is 2.33. The maximum atomic E-state index is 13.1. The van der Waals surface area contributed by atoms with Crippen LogP contribution in [-0.2, 0) is 4.74 Å². The van der Waals surface area contributed by atoms with E-state index in [4.69, 9.17) is 9.47 Å². The third-order valence-electron chi connectivity index (χ3n) is 6.17. The van der Waals surface area contributed by atoms with Gasteiger partial charge in [-0.1, -0.05) is 0 Å². The number of nitrogens with one attached hydrogen (secondary N) is 2. The summed E-state index contributed by atoms with van der Waals surface area (Å²) in [6, 6.07) is 5.99. The normalized spacial score (nSPS) is 17.0. The van der Waals surface area contributed by atoms with Crippen molar-refractivity contribution in [2.75, 3.05) is 62.8 Å². The molecular formula is C24H30N6O3S. The Balaban J connectivity index is 1.30. The van der Waals surface area contributed by atoms with Crippen molar-refractivity contribution in [3.8, 4) is 16.3 Å². The Morgan fingerprint density at radius 3 is 2.82 bits per heavy atom. The monoisotopic (exact) mass is 482 g/mol. The van der Waals surface area contributed by atoms with Crippen molar-refractivity contribution < 1.29 is 14.3 Å². The highest BCUT2D eigenvalue weighted by molar-refractivity contribution is 7.13. The third-order valence-corrected chi connectivity index (χ3v) is 7.07. The van der Waals surface area contributed by atoms with E-state index < -0.39 is 0 Å². The van der Waals surface area contributed by atoms with Crippen LogP contribution in [0.15, 0.2) is 36.0 Å². The number of benzene rings is 1. The molecule has 2 aromatic heterocycles. The lowest BCUT2D eigenvalue weighted by atomic mass is 10.1. The molecule has 0 saturated carbocycles. The molecule has 180 valence electrons. The Labute approximate surface area is 203 Å². The predicted molar refractivity (Wildman–Crippen MR) is 133 cm³/mol. The smallest absolute Gasteiger partial charge is 0.275 e. The van der Waals surface area contributed by atoms with Crippen LogP contribution >= 0.6 is 11.3 Å². The summed E-state index contributed by atoms with van der Waals surface area (Å²) in [5, 5.41) is 12.4. The fourth-order valence-corrected chi connectivity index (χ4v) is 5.08. The summed E-state index contributed by atoms with van der Waals surface area (Å²) in [6.07, 6.45) is 7.03. The van der Waals surface area contributed by atoms with Crippen molar-refractivity contribution >= 4 is 28.6 Å². The number of rotatable bonds is 8. The molecule has 34 heavy (non-hydrogen) atoms. The number of anilines is 2. The van der Waals surface area contributed by atoms with E-state index in [0.717, 1.165) is 86.5 Å². The summed E-state index contributed by atoms with van der Waals surface area (Å²) in [7, 11) is 0. The zero-order valence-electron chi connectivity index (χ0n) is 19.2. The van der Waals surface area contributed by atoms with E-state index in [9.17, 15) is 4.79 Å². The molecule has 1 aromatic carbocycles. The number of hydrogen-bond acceptors (Lipinski definition) is 8. The summed E-state index contributed by atoms with van der Waals surface area (Å²) >= 11 is 1.43. The number of nitrogens with zero attached hydrogens (tertiary/aromatic N) is 4. The minimum absolute atomic E-state index is 0.227. The minimum atomic E-state index is -0.227. The second-order valence-corrected chi connectivity index (χ2v) is 9.37. The van der Waals surface area contributed by atoms with Gasteiger partial charge in [0.2, 0.25) is 0 Å². The zero-order valence-corrected chi connectivity index (χ0v) is 20.0. The van der Waals surface area contributed by atoms with E-state index in [1.54, 1.807) is 17.8 Å². The standard InChI is InChI=1S/C24H30N6O3S/c31-23(21-17-34-24(28-21)18-15-25-26-16-18)27-20-14-19(33-13-10-29-8-11-32-12-9-29)4-5-22(20)30-6-2-1-3-7-30/h4-5,14-17H,1-3,6-13H2,(H,25,26)(H,27,31). The molecule has 0 bridgehead atoms. The molecule has 0 spiro atoms. The van der Waals surface area contributed by atoms with E-state index in [2.05, 4.69) is 36.4 Å². The van der Waals surface area contributed by atoms with Crippen LogP contribution < -0.4 is 15.0 Å². The van der Waals surface area contributed by atoms with Crippen molar-refractivity contribution in [1.29, 1.82) is 0 Å². The average Bonchev–Trinajstić information content (AvgIpc) is 3.58. The Bertz CT molecular complexity index is 1070. The van der Waals surface area contributed by atoms with Crippen LogP contribution in [-0.4, -0.2) is 78.5 Å². The first kappa shape index (κ1) is 22.8. The second-order valence-electron chi connectivity index (χ2n) is 8.51. The molecule has 5 rings (SSSR count). The van der Waals surface area contributed by atoms with Crippen LogP contribution in [0.2, 0.25) is 0 Å². The van der Waals surface area contributed by atoms with Gasteiger partial charge >= 0.3 is 0 Å². The summed E-state index contributed by atoms with van der Waals surface area (Å²) in [5.74, 6) is 0.524. The van der Waals surface area contributed by atoms with Crippen LogP contribution in [0.3, 0.4) is 0 Å². The molecule has 0 aliphatic carbocycles. The Kier molecular flexibility index (Phi) is 7.37. The van der Waals surface area contributed by atoms with Crippen LogP contribution in [0.4, 0.5) is 11.4 Å². The first-order valence-electron chi connectivity index (χ1n) is 11.8. The fourth-order valence-electron chi connectivity index (χ4n) is 4.30. The van der Waals surface area contributed by atoms with Gasteiger partial charge in [-0.05, 0) is 31.4 Å². The molecule has 2 aliphatic rings. The second kappa shape index (κ2) is 11.0. The van der Waals surface area contributed by atoms with Gasteiger partial charge in [0.1, 0.15) is 23.1 Å². The van der Waals surface area contributed by atoms with Gasteiger partial charge in [-0.3, -0.25) is 14.8 Å². The quantitative estimate of drug-likeness (QED) is 0.507. The summed E-state index contributed by atoms with van der Waals surface area (Å²) in [5.41, 5.74) is 3.05. The van der Waals surface area contributed by atoms with E-state index in [-0.39, 0.29) is 5.91 Å². The molecule has 2 fully saturated rings. The lowest BCUT2D eigenvalue weighted by Gasteiger charge is -2.31. The first-order chi connectivity index (χ1) is 16.8. The molecule has 0 radical (unpaired) electrons. The summed E-state index contributed by atoms with van der Waals surface area (Å²) in [4.78, 5) is 22.3. The topological polar surface area (TPSA) is 95.6 Å². The van der Waals surface area contributed by atoms with Gasteiger partial charge in [0.05, 0.1) is 30.8 Å². The molecule has 2 aliphatic heterocycles. The molecule has 9 nitrogen and oxygen atoms in total. The van der Waals surface area contributed by atoms with Crippen LogP contribution in [0, 0.1) is 0 Å². The van der Waals surface area contributed by atoms with E-state index in [0.29, 0.717) is 12.3 Å². The van der Waals surface area contributed by atoms with Crippen LogP contribution in [0.25, 0.3) is 10.6 Å². The number of aromatic nitrogens is 3. The number of hydrogen-bond donors (Lipinski definition) is 2. The highest BCUT2D eigenvalue weighted by Gasteiger charge is 2.19. The van der Waals surface area contributed by atoms with Gasteiger partial charge in [0.25, 0.3) is 5.91 Å². The van der Waals surface area contributed by atoms with Gasteiger partial charge in [-0.25, -0.2) is 4.98 Å². The number of thiazole rings is 1. The highest BCUT2D eigenvalue weighted by atomic mass is 32.1. The lowest BCUT2D eigenvalue weighted by molar-refractivity contribution is 0.0322. The van der Waals surface area contributed by atoms with Gasteiger partial charge in [0, 0.05) is 55.9 Å². The number of ether oxygens (including phenoxy) is 2. The molecule has 0 unspecified atom stereocenters. The fraction of sp³-hybridized carbons (Fsp3) is 0.458. The molecule has 3 aromatic rings. The number of aromatic amines is 1. The molecule has 2 saturated heterocycles. The van der Waals surface area contributed by atoms with Crippen molar-refractivity contribution in [3.63, 3.8) is 0 Å². The van der Waals surface area contributed by atoms with Crippen LogP contribution in [0.1, 0.15) is 29.8 Å². The van der Waals surface area contributed by atoms with Crippen molar-refractivity contribution in [2.45, 2.75) is 19.3 Å². The molecule has 0 atom stereocenters. The zero-order chi connectivity index (χ0) is 23.2. The number of carbonyl (C=O) groups excluding carboxylic acids is 1. The minimum Gasteiger partial charge on any atom is -0.492 e. The Hall–Kier alpha value is -2.95. The van der Waals surface area contributed by atoms with Crippen molar-refractivity contribution in [2.24, 2.45) is 0 Å². The van der Waals surface area contributed by atoms with Gasteiger partial charge < -0.3 is 19.7 Å². The first-order valence-corrected chi connectivity index (χ1v) is 12.7.